The molecule has 1 atom stereocenters. The quantitative estimate of drug-likeness (QED) is 0.450. The molecule has 1 aliphatic carbocycles. The van der Waals surface area contributed by atoms with Crippen molar-refractivity contribution in [2.24, 2.45) is 0 Å². The Labute approximate surface area is 233 Å². The van der Waals surface area contributed by atoms with Crippen LogP contribution in [0, 0.1) is 5.82 Å². The molecule has 0 radical (unpaired) electrons. The van der Waals surface area contributed by atoms with Crippen LogP contribution in [0.4, 0.5) is 15.8 Å². The number of carboxylic acids is 1. The summed E-state index contributed by atoms with van der Waals surface area (Å²) in [5.74, 6) is -3.08. The van der Waals surface area contributed by atoms with Gasteiger partial charge in [-0.1, -0.05) is 11.6 Å². The summed E-state index contributed by atoms with van der Waals surface area (Å²) >= 11 is 6.02. The molecular formula is C28H26ClFN4O6. The molecule has 2 aromatic carbocycles. The maximum Gasteiger partial charge on any atom is 0.341 e. The van der Waals surface area contributed by atoms with Crippen LogP contribution in [0.15, 0.2) is 35.3 Å². The van der Waals surface area contributed by atoms with Gasteiger partial charge in [-0.15, -0.1) is 0 Å². The molecule has 1 unspecified atom stereocenters. The Balaban J connectivity index is 1.32. The molecule has 40 heavy (non-hydrogen) atoms. The summed E-state index contributed by atoms with van der Waals surface area (Å²) in [7, 11) is 1.41. The van der Waals surface area contributed by atoms with Crippen molar-refractivity contribution in [3.8, 4) is 5.75 Å². The maximum atomic E-state index is 15.7. The van der Waals surface area contributed by atoms with Crippen molar-refractivity contribution in [2.45, 2.75) is 31.8 Å². The van der Waals surface area contributed by atoms with Gasteiger partial charge in [-0.3, -0.25) is 24.2 Å². The molecule has 1 aromatic heterocycles. The van der Waals surface area contributed by atoms with Gasteiger partial charge in [0, 0.05) is 42.9 Å². The first kappa shape index (κ1) is 26.3. The third kappa shape index (κ3) is 4.11. The lowest BCUT2D eigenvalue weighted by Gasteiger charge is -2.42. The third-order valence-corrected chi connectivity index (χ3v) is 8.15. The average Bonchev–Trinajstić information content (AvgIpc) is 3.74. The summed E-state index contributed by atoms with van der Waals surface area (Å²) in [5, 5.41) is 9.90. The molecule has 1 saturated carbocycles. The Bertz CT molecular complexity index is 1670. The standard InChI is InChI=1S/C28H26ClFN4O6/c1-14-11-31(7-8-32(14)13-34-21-6-3-15(29)9-17(21)25(36)27(34)37)23-20(30)10-18-22(26(23)40-2)33(16-4-5-16)12-19(24(18)35)28(38)39/h3,6,9-10,12,14,16H,4-5,7-8,11,13H2,1-2H3,(H,38,39). The molecule has 1 amide bonds. The maximum absolute atomic E-state index is 15.7. The largest absolute Gasteiger partial charge is 0.492 e. The van der Waals surface area contributed by atoms with Gasteiger partial charge in [-0.05, 0) is 44.0 Å². The molecule has 1 N–H and O–H groups in total. The van der Waals surface area contributed by atoms with Gasteiger partial charge in [0.2, 0.25) is 5.43 Å². The van der Waals surface area contributed by atoms with Gasteiger partial charge >= 0.3 is 11.9 Å². The second-order valence-electron chi connectivity index (χ2n) is 10.4. The molecule has 0 spiro atoms. The molecule has 10 nitrogen and oxygen atoms in total. The number of anilines is 2. The number of Topliss-reactive ketones (excluding diaryl/α,β-unsaturated/α-hetero) is 1. The molecule has 0 bridgehead atoms. The van der Waals surface area contributed by atoms with Crippen LogP contribution in [-0.2, 0) is 4.79 Å². The van der Waals surface area contributed by atoms with Gasteiger partial charge in [0.05, 0.1) is 35.9 Å². The number of piperazine rings is 1. The van der Waals surface area contributed by atoms with Crippen LogP contribution in [0.1, 0.15) is 46.5 Å². The Hall–Kier alpha value is -3.96. The number of ether oxygens (including phenoxy) is 1. The highest BCUT2D eigenvalue weighted by Crippen LogP contribution is 2.44. The first-order valence-electron chi connectivity index (χ1n) is 12.9. The normalized spacial score (nSPS) is 19.4. The number of benzene rings is 2. The number of pyridine rings is 1. The topological polar surface area (TPSA) is 112 Å². The summed E-state index contributed by atoms with van der Waals surface area (Å²) in [4.78, 5) is 55.3. The van der Waals surface area contributed by atoms with Gasteiger partial charge in [-0.25, -0.2) is 9.18 Å². The highest BCUT2D eigenvalue weighted by Gasteiger charge is 2.39. The van der Waals surface area contributed by atoms with Crippen molar-refractivity contribution in [2.75, 3.05) is 43.2 Å². The molecule has 208 valence electrons. The van der Waals surface area contributed by atoms with Gasteiger partial charge in [0.1, 0.15) is 11.3 Å². The number of halogens is 2. The fourth-order valence-electron chi connectivity index (χ4n) is 5.73. The van der Waals surface area contributed by atoms with E-state index in [2.05, 4.69) is 0 Å². The van der Waals surface area contributed by atoms with E-state index in [-0.39, 0.29) is 41.1 Å². The number of carboxylic acid groups (broad SMARTS) is 1. The van der Waals surface area contributed by atoms with Crippen LogP contribution in [0.3, 0.4) is 0 Å². The van der Waals surface area contributed by atoms with E-state index in [9.17, 15) is 24.3 Å². The predicted octanol–water partition coefficient (Wildman–Crippen LogP) is 3.53. The molecule has 2 aliphatic heterocycles. The van der Waals surface area contributed by atoms with Crippen LogP contribution in [0.5, 0.6) is 5.75 Å². The van der Waals surface area contributed by atoms with E-state index >= 15 is 4.39 Å². The van der Waals surface area contributed by atoms with Gasteiger partial charge in [-0.2, -0.15) is 0 Å². The number of amides is 1. The fraction of sp³-hybridized carbons (Fsp3) is 0.357. The van der Waals surface area contributed by atoms with Gasteiger partial charge in [0.25, 0.3) is 5.78 Å². The van der Waals surface area contributed by atoms with Crippen LogP contribution in [-0.4, -0.2) is 71.7 Å². The lowest BCUT2D eigenvalue weighted by Crippen LogP contribution is -2.55. The third-order valence-electron chi connectivity index (χ3n) is 7.91. The number of aromatic nitrogens is 1. The van der Waals surface area contributed by atoms with Crippen molar-refractivity contribution >= 4 is 51.5 Å². The number of hydrogen-bond acceptors (Lipinski definition) is 7. The number of aromatic carboxylic acids is 1. The predicted molar refractivity (Wildman–Crippen MR) is 146 cm³/mol. The summed E-state index contributed by atoms with van der Waals surface area (Å²) in [6, 6.07) is 5.75. The highest BCUT2D eigenvalue weighted by atomic mass is 35.5. The average molecular weight is 569 g/mol. The number of fused-ring (bicyclic) bond motifs is 2. The minimum Gasteiger partial charge on any atom is -0.492 e. The molecule has 3 heterocycles. The molecule has 12 heteroatoms. The summed E-state index contributed by atoms with van der Waals surface area (Å²) in [6.45, 7) is 3.35. The Morgan fingerprint density at radius 1 is 1.18 bits per heavy atom. The summed E-state index contributed by atoms with van der Waals surface area (Å²) in [5.41, 5.74) is 0.200. The highest BCUT2D eigenvalue weighted by molar-refractivity contribution is 6.52. The number of hydrogen-bond donors (Lipinski definition) is 1. The lowest BCUT2D eigenvalue weighted by molar-refractivity contribution is -0.114. The summed E-state index contributed by atoms with van der Waals surface area (Å²) in [6.07, 6.45) is 2.96. The molecular weight excluding hydrogens is 543 g/mol. The second kappa shape index (κ2) is 9.60. The van der Waals surface area contributed by atoms with Crippen molar-refractivity contribution in [3.05, 3.63) is 62.7 Å². The minimum absolute atomic E-state index is 0.00245. The zero-order valence-corrected chi connectivity index (χ0v) is 22.6. The Morgan fingerprint density at radius 3 is 2.58 bits per heavy atom. The first-order valence-corrected chi connectivity index (χ1v) is 13.3. The molecule has 3 aliphatic rings. The van der Waals surface area contributed by atoms with Gasteiger partial charge < -0.3 is 19.3 Å². The van der Waals surface area contributed by atoms with E-state index in [4.69, 9.17) is 16.3 Å². The number of methoxy groups -OCH3 is 1. The molecule has 2 fully saturated rings. The molecule has 3 aromatic rings. The smallest absolute Gasteiger partial charge is 0.341 e. The number of carbonyl (C=O) groups excluding carboxylic acids is 2. The van der Waals surface area contributed by atoms with E-state index < -0.39 is 34.5 Å². The molecule has 1 saturated heterocycles. The number of carbonyl (C=O) groups is 3. The van der Waals surface area contributed by atoms with E-state index in [0.29, 0.717) is 35.9 Å². The second-order valence-corrected chi connectivity index (χ2v) is 10.9. The van der Waals surface area contributed by atoms with Crippen LogP contribution in [0.25, 0.3) is 10.9 Å². The molecule has 6 rings (SSSR count). The van der Waals surface area contributed by atoms with E-state index in [1.165, 1.54) is 24.3 Å². The lowest BCUT2D eigenvalue weighted by atomic mass is 10.1. The van der Waals surface area contributed by atoms with E-state index in [1.54, 1.807) is 16.7 Å². The Morgan fingerprint density at radius 2 is 1.93 bits per heavy atom. The van der Waals surface area contributed by atoms with Crippen LogP contribution >= 0.6 is 11.6 Å². The SMILES string of the molecule is COc1c(N2CCN(CN3C(=O)C(=O)c4cc(Cl)ccc43)C(C)C2)c(F)cc2c(=O)c(C(=O)O)cn(C3CC3)c12. The number of rotatable bonds is 6. The van der Waals surface area contributed by atoms with Crippen molar-refractivity contribution in [1.82, 2.24) is 9.47 Å². The Kier molecular flexibility index (Phi) is 6.30. The minimum atomic E-state index is -1.36. The zero-order valence-electron chi connectivity index (χ0n) is 21.8. The first-order chi connectivity index (χ1) is 19.1. The van der Waals surface area contributed by atoms with Crippen molar-refractivity contribution < 1.29 is 28.6 Å². The monoisotopic (exact) mass is 568 g/mol. The van der Waals surface area contributed by atoms with Crippen LogP contribution < -0.4 is 20.0 Å². The number of nitrogens with zero attached hydrogens (tertiary/aromatic N) is 4. The van der Waals surface area contributed by atoms with Crippen molar-refractivity contribution in [1.29, 1.82) is 0 Å². The fourth-order valence-corrected chi connectivity index (χ4v) is 5.90. The van der Waals surface area contributed by atoms with Crippen molar-refractivity contribution in [3.63, 3.8) is 0 Å². The van der Waals surface area contributed by atoms with E-state index in [1.807, 2.05) is 16.7 Å². The summed E-state index contributed by atoms with van der Waals surface area (Å²) < 4.78 is 23.2. The zero-order chi connectivity index (χ0) is 28.5. The van der Waals surface area contributed by atoms with Gasteiger partial charge in [0.15, 0.2) is 11.6 Å². The van der Waals surface area contributed by atoms with Crippen LogP contribution in [0.2, 0.25) is 5.02 Å². The number of ketones is 1. The van der Waals surface area contributed by atoms with E-state index in [0.717, 1.165) is 18.9 Å².